The third kappa shape index (κ3) is 2.26. The number of rotatable bonds is 3. The number of nitriles is 1. The number of hydrogen-bond acceptors (Lipinski definition) is 6. The number of nitrogens with one attached hydrogen (secondary N) is 1. The summed E-state index contributed by atoms with van der Waals surface area (Å²) in [6, 6.07) is 11.7. The van der Waals surface area contributed by atoms with E-state index in [1.165, 1.54) is 0 Å². The van der Waals surface area contributed by atoms with E-state index < -0.39 is 0 Å². The van der Waals surface area contributed by atoms with Gasteiger partial charge in [0.1, 0.15) is 28.6 Å². The van der Waals surface area contributed by atoms with Crippen molar-refractivity contribution in [3.8, 4) is 23.2 Å². The molecule has 7 nitrogen and oxygen atoms in total. The van der Waals surface area contributed by atoms with Crippen LogP contribution in [-0.2, 0) is 0 Å². The summed E-state index contributed by atoms with van der Waals surface area (Å²) in [5.41, 5.74) is 3.86. The van der Waals surface area contributed by atoms with Gasteiger partial charge in [-0.05, 0) is 24.3 Å². The summed E-state index contributed by atoms with van der Waals surface area (Å²) in [6.45, 7) is 0. The van der Waals surface area contributed by atoms with Gasteiger partial charge in [-0.2, -0.15) is 5.26 Å². The molecule has 0 amide bonds. The molecule has 5 rings (SSSR count). The molecule has 0 radical (unpaired) electrons. The van der Waals surface area contributed by atoms with Crippen molar-refractivity contribution in [2.24, 2.45) is 0 Å². The van der Waals surface area contributed by atoms with Gasteiger partial charge in [-0.15, -0.1) is 0 Å². The molecule has 0 unspecified atom stereocenters. The van der Waals surface area contributed by atoms with Gasteiger partial charge in [-0.3, -0.25) is 8.80 Å². The Hall–Kier alpha value is -3.57. The van der Waals surface area contributed by atoms with Crippen LogP contribution in [0.3, 0.4) is 0 Å². The smallest absolute Gasteiger partial charge is 0.195 e. The van der Waals surface area contributed by atoms with Crippen molar-refractivity contribution < 1.29 is 4.74 Å². The van der Waals surface area contributed by atoms with Crippen LogP contribution in [-0.4, -0.2) is 32.9 Å². The minimum atomic E-state index is 0.575. The Balaban J connectivity index is 1.74. The first-order valence-corrected chi connectivity index (χ1v) is 9.09. The number of ether oxygens (including phenoxy) is 1. The maximum atomic E-state index is 9.13. The van der Waals surface area contributed by atoms with Crippen LogP contribution >= 0.6 is 11.3 Å². The summed E-state index contributed by atoms with van der Waals surface area (Å²) in [5, 5.41) is 12.3. The summed E-state index contributed by atoms with van der Waals surface area (Å²) < 4.78 is 10.5. The Morgan fingerprint density at radius 1 is 1.19 bits per heavy atom. The molecule has 1 N–H and O–H groups in total. The molecule has 0 aliphatic carbocycles. The minimum absolute atomic E-state index is 0.575. The predicted molar refractivity (Wildman–Crippen MR) is 106 cm³/mol. The number of benzene rings is 1. The Bertz CT molecular complexity index is 1370. The van der Waals surface area contributed by atoms with E-state index in [2.05, 4.69) is 15.8 Å². The van der Waals surface area contributed by atoms with Crippen molar-refractivity contribution in [1.82, 2.24) is 18.8 Å². The third-order valence-corrected chi connectivity index (χ3v) is 5.57. The standard InChI is InChI=1S/C19H14N6OS/c1-21-18-17(23-16-7-11(9-20)5-6-24(16)18)13-10-25-14-8-12(26-2)3-4-15(14)27-19(25)22-13/h3-8,10,21H,1-2H3. The second-order valence-electron chi connectivity index (χ2n) is 6.03. The van der Waals surface area contributed by atoms with Crippen molar-refractivity contribution in [3.05, 3.63) is 48.3 Å². The fraction of sp³-hybridized carbons (Fsp3) is 0.105. The van der Waals surface area contributed by atoms with Gasteiger partial charge in [0.25, 0.3) is 0 Å². The van der Waals surface area contributed by atoms with Gasteiger partial charge < -0.3 is 10.1 Å². The lowest BCUT2D eigenvalue weighted by Gasteiger charge is -2.02. The molecule has 0 bridgehead atoms. The number of anilines is 1. The second kappa shape index (κ2) is 5.72. The minimum Gasteiger partial charge on any atom is -0.497 e. The Labute approximate surface area is 158 Å². The summed E-state index contributed by atoms with van der Waals surface area (Å²) >= 11 is 1.62. The number of aromatic nitrogens is 4. The molecular weight excluding hydrogens is 360 g/mol. The van der Waals surface area contributed by atoms with Gasteiger partial charge >= 0.3 is 0 Å². The van der Waals surface area contributed by atoms with Crippen molar-refractivity contribution >= 4 is 38.0 Å². The quantitative estimate of drug-likeness (QED) is 0.520. The molecule has 0 aliphatic heterocycles. The van der Waals surface area contributed by atoms with Gasteiger partial charge in [0.2, 0.25) is 0 Å². The molecule has 27 heavy (non-hydrogen) atoms. The molecule has 4 heterocycles. The van der Waals surface area contributed by atoms with E-state index in [0.29, 0.717) is 11.2 Å². The van der Waals surface area contributed by atoms with Crippen LogP contribution < -0.4 is 10.1 Å². The average molecular weight is 374 g/mol. The van der Waals surface area contributed by atoms with E-state index >= 15 is 0 Å². The average Bonchev–Trinajstić information content (AvgIpc) is 3.36. The summed E-state index contributed by atoms with van der Waals surface area (Å²) in [7, 11) is 3.51. The molecule has 0 saturated carbocycles. The number of imidazole rings is 2. The first-order chi connectivity index (χ1) is 13.2. The fourth-order valence-corrected chi connectivity index (χ4v) is 4.24. The zero-order valence-electron chi connectivity index (χ0n) is 14.6. The molecular formula is C19H14N6OS. The molecule has 4 aromatic heterocycles. The van der Waals surface area contributed by atoms with Crippen molar-refractivity contribution in [2.75, 3.05) is 19.5 Å². The Morgan fingerprint density at radius 2 is 2.07 bits per heavy atom. The summed E-state index contributed by atoms with van der Waals surface area (Å²) in [4.78, 5) is 10.4. The molecule has 0 fully saturated rings. The lowest BCUT2D eigenvalue weighted by molar-refractivity contribution is 0.415. The zero-order chi connectivity index (χ0) is 18.5. The number of methoxy groups -OCH3 is 1. The number of fused-ring (bicyclic) bond motifs is 4. The maximum absolute atomic E-state index is 9.13. The molecule has 1 aromatic carbocycles. The molecule has 0 spiro atoms. The highest BCUT2D eigenvalue weighted by Gasteiger charge is 2.18. The van der Waals surface area contributed by atoms with Crippen LogP contribution in [0.1, 0.15) is 5.56 Å². The van der Waals surface area contributed by atoms with Crippen molar-refractivity contribution in [2.45, 2.75) is 0 Å². The van der Waals surface area contributed by atoms with Gasteiger partial charge in [0.15, 0.2) is 4.96 Å². The molecule has 132 valence electrons. The van der Waals surface area contributed by atoms with Crippen molar-refractivity contribution in [3.63, 3.8) is 0 Å². The van der Waals surface area contributed by atoms with Crippen LogP contribution in [0.5, 0.6) is 5.75 Å². The van der Waals surface area contributed by atoms with Crippen LogP contribution in [0.2, 0.25) is 0 Å². The number of nitrogens with zero attached hydrogens (tertiary/aromatic N) is 5. The summed E-state index contributed by atoms with van der Waals surface area (Å²) in [6.07, 6.45) is 3.83. The van der Waals surface area contributed by atoms with Crippen LogP contribution in [0.25, 0.3) is 32.2 Å². The molecule has 5 aromatic rings. The number of hydrogen-bond donors (Lipinski definition) is 1. The van der Waals surface area contributed by atoms with E-state index in [1.54, 1.807) is 30.6 Å². The van der Waals surface area contributed by atoms with Crippen LogP contribution in [0.15, 0.2) is 42.7 Å². The Kier molecular flexibility index (Phi) is 3.32. The topological polar surface area (TPSA) is 79.7 Å². The zero-order valence-corrected chi connectivity index (χ0v) is 15.4. The SMILES string of the molecule is CNc1c(-c2cn3c(n2)sc2ccc(OC)cc23)nc2cc(C#N)ccn12. The van der Waals surface area contributed by atoms with E-state index in [0.717, 1.165) is 38.1 Å². The second-order valence-corrected chi connectivity index (χ2v) is 7.04. The van der Waals surface area contributed by atoms with E-state index in [9.17, 15) is 0 Å². The lowest BCUT2D eigenvalue weighted by atomic mass is 10.3. The van der Waals surface area contributed by atoms with Crippen LogP contribution in [0.4, 0.5) is 5.82 Å². The van der Waals surface area contributed by atoms with Gasteiger partial charge in [-0.25, -0.2) is 9.97 Å². The Morgan fingerprint density at radius 3 is 2.85 bits per heavy atom. The van der Waals surface area contributed by atoms with E-state index in [1.807, 2.05) is 42.0 Å². The highest BCUT2D eigenvalue weighted by molar-refractivity contribution is 7.23. The van der Waals surface area contributed by atoms with Crippen molar-refractivity contribution in [1.29, 1.82) is 5.26 Å². The van der Waals surface area contributed by atoms with Gasteiger partial charge in [0, 0.05) is 25.5 Å². The number of pyridine rings is 1. The number of thiazole rings is 1. The largest absolute Gasteiger partial charge is 0.497 e. The maximum Gasteiger partial charge on any atom is 0.195 e. The molecule has 0 atom stereocenters. The summed E-state index contributed by atoms with van der Waals surface area (Å²) in [5.74, 6) is 1.65. The van der Waals surface area contributed by atoms with Gasteiger partial charge in [0.05, 0.1) is 29.0 Å². The predicted octanol–water partition coefficient (Wildman–Crippen LogP) is 3.79. The first kappa shape index (κ1) is 15.7. The van der Waals surface area contributed by atoms with E-state index in [4.69, 9.17) is 20.0 Å². The molecule has 0 aliphatic rings. The van der Waals surface area contributed by atoms with E-state index in [-0.39, 0.29) is 0 Å². The van der Waals surface area contributed by atoms with Gasteiger partial charge in [-0.1, -0.05) is 11.3 Å². The molecule has 8 heteroatoms. The normalized spacial score (nSPS) is 11.3. The third-order valence-electron chi connectivity index (χ3n) is 4.54. The highest BCUT2D eigenvalue weighted by Crippen LogP contribution is 2.34. The lowest BCUT2D eigenvalue weighted by Crippen LogP contribution is -1.95. The first-order valence-electron chi connectivity index (χ1n) is 8.28. The highest BCUT2D eigenvalue weighted by atomic mass is 32.1. The van der Waals surface area contributed by atoms with Crippen LogP contribution in [0, 0.1) is 11.3 Å². The fourth-order valence-electron chi connectivity index (χ4n) is 3.25. The molecule has 0 saturated heterocycles. The monoisotopic (exact) mass is 374 g/mol.